The minimum Gasteiger partial charge on any atom is -0.381 e. The van der Waals surface area contributed by atoms with Crippen LogP contribution >= 0.6 is 11.8 Å². The lowest BCUT2D eigenvalue weighted by Gasteiger charge is -2.24. The number of thioether (sulfide) groups is 1. The van der Waals surface area contributed by atoms with Crippen LogP contribution in [0.5, 0.6) is 0 Å². The lowest BCUT2D eigenvalue weighted by Crippen LogP contribution is -2.24. The normalized spacial score (nSPS) is 17.3. The van der Waals surface area contributed by atoms with Crippen molar-refractivity contribution < 1.29 is 13.5 Å². The second-order valence-corrected chi connectivity index (χ2v) is 6.72. The van der Waals surface area contributed by atoms with Gasteiger partial charge in [-0.05, 0) is 43.2 Å². The first kappa shape index (κ1) is 15.7. The van der Waals surface area contributed by atoms with Gasteiger partial charge in [0.25, 0.3) is 0 Å². The molecule has 1 aliphatic rings. The van der Waals surface area contributed by atoms with E-state index in [9.17, 15) is 8.78 Å². The van der Waals surface area contributed by atoms with E-state index in [-0.39, 0.29) is 5.82 Å². The van der Waals surface area contributed by atoms with Crippen LogP contribution in [0, 0.1) is 5.92 Å². The van der Waals surface area contributed by atoms with E-state index >= 15 is 0 Å². The van der Waals surface area contributed by atoms with E-state index in [1.54, 1.807) is 16.3 Å². The van der Waals surface area contributed by atoms with E-state index in [1.165, 1.54) is 0 Å². The van der Waals surface area contributed by atoms with Gasteiger partial charge in [0.2, 0.25) is 0 Å². The topological polar surface area (TPSA) is 27.1 Å². The van der Waals surface area contributed by atoms with E-state index in [2.05, 4.69) is 4.98 Å². The molecule has 0 amide bonds. The number of hydrogen-bond donors (Lipinski definition) is 0. The number of benzene rings is 1. The van der Waals surface area contributed by atoms with Crippen molar-refractivity contribution >= 4 is 22.8 Å². The van der Waals surface area contributed by atoms with Crippen LogP contribution in [-0.4, -0.2) is 29.0 Å². The molecule has 0 spiro atoms. The van der Waals surface area contributed by atoms with Crippen LogP contribution in [0.3, 0.4) is 0 Å². The van der Waals surface area contributed by atoms with Gasteiger partial charge in [-0.15, -0.1) is 11.8 Å². The van der Waals surface area contributed by atoms with Gasteiger partial charge in [-0.3, -0.25) is 0 Å². The average Bonchev–Trinajstić information content (AvgIpc) is 2.86. The van der Waals surface area contributed by atoms with Crippen LogP contribution in [-0.2, 0) is 17.2 Å². The predicted octanol–water partition coefficient (Wildman–Crippen LogP) is 4.30. The minimum absolute atomic E-state index is 0.132. The molecule has 1 fully saturated rings. The Labute approximate surface area is 133 Å². The third-order valence-electron chi connectivity index (χ3n) is 4.13. The minimum atomic E-state index is -2.94. The van der Waals surface area contributed by atoms with Gasteiger partial charge in [-0.2, -0.15) is 8.78 Å². The van der Waals surface area contributed by atoms with Crippen molar-refractivity contribution in [3.05, 3.63) is 24.0 Å². The molecular formula is C16H20F2N2OS. The Balaban J connectivity index is 2.04. The molecule has 120 valence electrons. The molecule has 3 nitrogen and oxygen atoms in total. The molecule has 1 aromatic heterocycles. The Morgan fingerprint density at radius 1 is 1.36 bits per heavy atom. The highest BCUT2D eigenvalue weighted by molar-refractivity contribution is 7.98. The summed E-state index contributed by atoms with van der Waals surface area (Å²) in [4.78, 5) is 5.26. The standard InChI is InChI=1S/C16H20F2N2OS/c1-16(17,18)15-19-13-9-12(22-2)3-4-14(13)20(15)10-11-5-7-21-8-6-11/h3-4,9,11H,5-8,10H2,1-2H3. The quantitative estimate of drug-likeness (QED) is 0.784. The Morgan fingerprint density at radius 2 is 2.09 bits per heavy atom. The van der Waals surface area contributed by atoms with Crippen molar-refractivity contribution in [3.8, 4) is 0 Å². The summed E-state index contributed by atoms with van der Waals surface area (Å²) in [5, 5.41) is 0. The van der Waals surface area contributed by atoms with Crippen molar-refractivity contribution in [1.82, 2.24) is 9.55 Å². The van der Waals surface area contributed by atoms with E-state index < -0.39 is 5.92 Å². The molecule has 0 bridgehead atoms. The summed E-state index contributed by atoms with van der Waals surface area (Å²) in [6, 6.07) is 5.76. The molecule has 1 aromatic carbocycles. The van der Waals surface area contributed by atoms with Gasteiger partial charge in [0.1, 0.15) is 0 Å². The number of imidazole rings is 1. The van der Waals surface area contributed by atoms with Gasteiger partial charge in [0, 0.05) is 31.6 Å². The summed E-state index contributed by atoms with van der Waals surface area (Å²) in [5.41, 5.74) is 1.44. The predicted molar refractivity (Wildman–Crippen MR) is 84.6 cm³/mol. The molecule has 1 aliphatic heterocycles. The monoisotopic (exact) mass is 326 g/mol. The third-order valence-corrected chi connectivity index (χ3v) is 4.86. The van der Waals surface area contributed by atoms with Gasteiger partial charge in [-0.1, -0.05) is 0 Å². The molecule has 3 rings (SSSR count). The molecule has 0 radical (unpaired) electrons. The number of hydrogen-bond acceptors (Lipinski definition) is 3. The Hall–Kier alpha value is -1.14. The highest BCUT2D eigenvalue weighted by atomic mass is 32.2. The molecule has 0 atom stereocenters. The van der Waals surface area contributed by atoms with Crippen LogP contribution in [0.2, 0.25) is 0 Å². The summed E-state index contributed by atoms with van der Waals surface area (Å²) < 4.78 is 35.0. The summed E-state index contributed by atoms with van der Waals surface area (Å²) >= 11 is 1.59. The fraction of sp³-hybridized carbons (Fsp3) is 0.562. The molecule has 0 aliphatic carbocycles. The zero-order chi connectivity index (χ0) is 15.7. The van der Waals surface area contributed by atoms with E-state index in [0.717, 1.165) is 30.2 Å². The van der Waals surface area contributed by atoms with Crippen molar-refractivity contribution in [1.29, 1.82) is 0 Å². The summed E-state index contributed by atoms with van der Waals surface area (Å²) in [6.45, 7) is 2.93. The van der Waals surface area contributed by atoms with Gasteiger partial charge in [0.05, 0.1) is 11.0 Å². The molecule has 2 aromatic rings. The number of halogens is 2. The van der Waals surface area contributed by atoms with Crippen LogP contribution in [0.25, 0.3) is 11.0 Å². The number of alkyl halides is 2. The summed E-state index contributed by atoms with van der Waals surface area (Å²) in [6.07, 6.45) is 3.80. The van der Waals surface area contributed by atoms with Crippen LogP contribution in [0.15, 0.2) is 23.1 Å². The van der Waals surface area contributed by atoms with Crippen LogP contribution in [0.1, 0.15) is 25.6 Å². The van der Waals surface area contributed by atoms with Crippen LogP contribution in [0.4, 0.5) is 8.78 Å². The Kier molecular flexibility index (Phi) is 4.41. The SMILES string of the molecule is CSc1ccc2c(c1)nc(C(C)(F)F)n2CC1CCOCC1. The van der Waals surface area contributed by atoms with E-state index in [4.69, 9.17) is 4.74 Å². The molecule has 0 unspecified atom stereocenters. The largest absolute Gasteiger partial charge is 0.381 e. The van der Waals surface area contributed by atoms with Gasteiger partial charge in [0.15, 0.2) is 5.82 Å². The second-order valence-electron chi connectivity index (χ2n) is 5.84. The summed E-state index contributed by atoms with van der Waals surface area (Å²) in [7, 11) is 0. The first-order valence-corrected chi connectivity index (χ1v) is 8.72. The van der Waals surface area contributed by atoms with E-state index in [0.29, 0.717) is 31.2 Å². The number of fused-ring (bicyclic) bond motifs is 1. The number of ether oxygens (including phenoxy) is 1. The van der Waals surface area contributed by atoms with Gasteiger partial charge < -0.3 is 9.30 Å². The average molecular weight is 326 g/mol. The first-order chi connectivity index (χ1) is 10.5. The van der Waals surface area contributed by atoms with E-state index in [1.807, 2.05) is 24.5 Å². The molecule has 0 saturated carbocycles. The van der Waals surface area contributed by atoms with Crippen molar-refractivity contribution in [2.24, 2.45) is 5.92 Å². The number of aromatic nitrogens is 2. The molecule has 22 heavy (non-hydrogen) atoms. The highest BCUT2D eigenvalue weighted by Gasteiger charge is 2.32. The van der Waals surface area contributed by atoms with Gasteiger partial charge in [-0.25, -0.2) is 4.98 Å². The number of rotatable bonds is 4. The maximum Gasteiger partial charge on any atom is 0.302 e. The fourth-order valence-electron chi connectivity index (χ4n) is 2.94. The van der Waals surface area contributed by atoms with Crippen molar-refractivity contribution in [2.45, 2.75) is 37.1 Å². The van der Waals surface area contributed by atoms with Crippen LogP contribution < -0.4 is 0 Å². The summed E-state index contributed by atoms with van der Waals surface area (Å²) in [5.74, 6) is -2.70. The molecule has 0 N–H and O–H groups in total. The second kappa shape index (κ2) is 6.16. The van der Waals surface area contributed by atoms with Gasteiger partial charge >= 0.3 is 5.92 Å². The third kappa shape index (κ3) is 3.13. The maximum absolute atomic E-state index is 14.0. The lowest BCUT2D eigenvalue weighted by atomic mass is 10.00. The maximum atomic E-state index is 14.0. The first-order valence-electron chi connectivity index (χ1n) is 7.49. The molecule has 2 heterocycles. The van der Waals surface area contributed by atoms with Crippen molar-refractivity contribution in [2.75, 3.05) is 19.5 Å². The lowest BCUT2D eigenvalue weighted by molar-refractivity contribution is 0.00223. The Morgan fingerprint density at radius 3 is 2.73 bits per heavy atom. The fourth-order valence-corrected chi connectivity index (χ4v) is 3.38. The molecule has 1 saturated heterocycles. The smallest absolute Gasteiger partial charge is 0.302 e. The zero-order valence-corrected chi connectivity index (χ0v) is 13.6. The Bertz CT molecular complexity index is 660. The van der Waals surface area contributed by atoms with Crippen molar-refractivity contribution in [3.63, 3.8) is 0 Å². The molecule has 6 heteroatoms. The molecular weight excluding hydrogens is 306 g/mol. The number of nitrogens with zero attached hydrogens (tertiary/aromatic N) is 2. The zero-order valence-electron chi connectivity index (χ0n) is 12.8. The highest BCUT2D eigenvalue weighted by Crippen LogP contribution is 2.32.